The lowest BCUT2D eigenvalue weighted by Crippen LogP contribution is -2.16. The zero-order valence-electron chi connectivity index (χ0n) is 15.1. The standard InChI is InChI=1S/C24H23N/c1-24(2)19-10-6-5-9-17(19)23-18-13-12-16-8-4-7-11-21(16)25(3)22(18)15-14-20(23)24/h4-11,14-15H,12-13H2,1-3H3. The van der Waals surface area contributed by atoms with E-state index < -0.39 is 0 Å². The second kappa shape index (κ2) is 4.98. The smallest absolute Gasteiger partial charge is 0.0447 e. The Labute approximate surface area is 149 Å². The van der Waals surface area contributed by atoms with Crippen LogP contribution in [-0.4, -0.2) is 7.05 Å². The van der Waals surface area contributed by atoms with Gasteiger partial charge >= 0.3 is 0 Å². The normalized spacial score (nSPS) is 16.5. The van der Waals surface area contributed by atoms with E-state index in [0.29, 0.717) is 0 Å². The number of hydrogen-bond acceptors (Lipinski definition) is 1. The average molecular weight is 325 g/mol. The molecule has 0 bridgehead atoms. The molecule has 0 saturated carbocycles. The fourth-order valence-electron chi connectivity index (χ4n) is 4.86. The number of benzene rings is 3. The van der Waals surface area contributed by atoms with Crippen LogP contribution in [0.2, 0.25) is 0 Å². The van der Waals surface area contributed by atoms with Gasteiger partial charge in [0.25, 0.3) is 0 Å². The number of anilines is 2. The maximum atomic E-state index is 2.38. The Hall–Kier alpha value is -2.54. The quantitative estimate of drug-likeness (QED) is 0.500. The molecular formula is C24H23N. The molecule has 1 nitrogen and oxygen atoms in total. The zero-order valence-corrected chi connectivity index (χ0v) is 15.1. The van der Waals surface area contributed by atoms with Crippen molar-refractivity contribution in [3.63, 3.8) is 0 Å². The van der Waals surface area contributed by atoms with E-state index in [1.165, 1.54) is 44.8 Å². The molecule has 25 heavy (non-hydrogen) atoms. The van der Waals surface area contributed by atoms with Crippen molar-refractivity contribution >= 4 is 11.4 Å². The molecule has 0 N–H and O–H groups in total. The molecule has 1 aliphatic carbocycles. The van der Waals surface area contributed by atoms with Crippen molar-refractivity contribution in [1.29, 1.82) is 0 Å². The molecule has 0 atom stereocenters. The van der Waals surface area contributed by atoms with E-state index >= 15 is 0 Å². The summed E-state index contributed by atoms with van der Waals surface area (Å²) in [5.41, 5.74) is 11.6. The molecular weight excluding hydrogens is 302 g/mol. The van der Waals surface area contributed by atoms with Crippen LogP contribution in [0, 0.1) is 0 Å². The van der Waals surface area contributed by atoms with Gasteiger partial charge in [-0.3, -0.25) is 0 Å². The fourth-order valence-corrected chi connectivity index (χ4v) is 4.86. The van der Waals surface area contributed by atoms with Crippen molar-refractivity contribution in [2.75, 3.05) is 11.9 Å². The summed E-state index contributed by atoms with van der Waals surface area (Å²) in [6.07, 6.45) is 2.21. The minimum absolute atomic E-state index is 0.0820. The zero-order chi connectivity index (χ0) is 17.2. The van der Waals surface area contributed by atoms with Gasteiger partial charge in [-0.2, -0.15) is 0 Å². The van der Waals surface area contributed by atoms with Crippen LogP contribution in [0.5, 0.6) is 0 Å². The summed E-state index contributed by atoms with van der Waals surface area (Å²) >= 11 is 0. The maximum absolute atomic E-state index is 2.38. The van der Waals surface area contributed by atoms with Crippen molar-refractivity contribution in [3.05, 3.63) is 82.9 Å². The molecule has 0 spiro atoms. The summed E-state index contributed by atoms with van der Waals surface area (Å²) in [6, 6.07) is 22.5. The summed E-state index contributed by atoms with van der Waals surface area (Å²) in [5.74, 6) is 0. The molecule has 5 rings (SSSR count). The van der Waals surface area contributed by atoms with Gasteiger partial charge in [-0.1, -0.05) is 62.4 Å². The lowest BCUT2D eigenvalue weighted by molar-refractivity contribution is 0.660. The molecule has 0 aromatic heterocycles. The molecule has 1 heteroatoms. The van der Waals surface area contributed by atoms with Crippen molar-refractivity contribution in [2.24, 2.45) is 0 Å². The Morgan fingerprint density at radius 3 is 2.40 bits per heavy atom. The van der Waals surface area contributed by atoms with Crippen molar-refractivity contribution in [1.82, 2.24) is 0 Å². The molecule has 3 aromatic carbocycles. The molecule has 0 amide bonds. The lowest BCUT2D eigenvalue weighted by Gasteiger charge is -2.25. The largest absolute Gasteiger partial charge is 0.344 e. The van der Waals surface area contributed by atoms with Gasteiger partial charge < -0.3 is 4.90 Å². The molecule has 0 radical (unpaired) electrons. The third-order valence-electron chi connectivity index (χ3n) is 6.19. The van der Waals surface area contributed by atoms with Crippen LogP contribution in [-0.2, 0) is 18.3 Å². The van der Waals surface area contributed by atoms with Crippen LogP contribution in [0.15, 0.2) is 60.7 Å². The monoisotopic (exact) mass is 325 g/mol. The first-order valence-corrected chi connectivity index (χ1v) is 9.17. The average Bonchev–Trinajstić information content (AvgIpc) is 2.77. The van der Waals surface area contributed by atoms with Crippen molar-refractivity contribution in [2.45, 2.75) is 32.1 Å². The first-order chi connectivity index (χ1) is 12.1. The highest BCUT2D eigenvalue weighted by molar-refractivity contribution is 5.88. The Kier molecular flexibility index (Phi) is 2.94. The Morgan fingerprint density at radius 2 is 1.52 bits per heavy atom. The predicted octanol–water partition coefficient (Wildman–Crippen LogP) is 5.86. The molecule has 2 aliphatic rings. The van der Waals surface area contributed by atoms with Gasteiger partial charge in [-0.25, -0.2) is 0 Å². The molecule has 124 valence electrons. The Morgan fingerprint density at radius 1 is 0.760 bits per heavy atom. The van der Waals surface area contributed by atoms with Crippen molar-refractivity contribution < 1.29 is 0 Å². The molecule has 1 heterocycles. The maximum Gasteiger partial charge on any atom is 0.0447 e. The van der Waals surface area contributed by atoms with E-state index in [2.05, 4.69) is 86.5 Å². The van der Waals surface area contributed by atoms with Gasteiger partial charge in [0.1, 0.15) is 0 Å². The van der Waals surface area contributed by atoms with Gasteiger partial charge in [-0.05, 0) is 58.4 Å². The number of aryl methyl sites for hydroxylation is 1. The second-order valence-corrected chi connectivity index (χ2v) is 7.84. The van der Waals surface area contributed by atoms with Crippen molar-refractivity contribution in [3.8, 4) is 11.1 Å². The second-order valence-electron chi connectivity index (χ2n) is 7.84. The van der Waals surface area contributed by atoms with E-state index in [0.717, 1.165) is 12.8 Å². The van der Waals surface area contributed by atoms with E-state index in [1.807, 2.05) is 0 Å². The lowest BCUT2D eigenvalue weighted by atomic mass is 9.82. The van der Waals surface area contributed by atoms with Gasteiger partial charge in [0.05, 0.1) is 0 Å². The fraction of sp³-hybridized carbons (Fsp3) is 0.250. The van der Waals surface area contributed by atoms with Gasteiger partial charge in [-0.15, -0.1) is 0 Å². The highest BCUT2D eigenvalue weighted by Gasteiger charge is 2.37. The highest BCUT2D eigenvalue weighted by atomic mass is 15.1. The number of nitrogens with zero attached hydrogens (tertiary/aromatic N) is 1. The number of para-hydroxylation sites is 1. The van der Waals surface area contributed by atoms with Crippen LogP contribution < -0.4 is 4.90 Å². The van der Waals surface area contributed by atoms with E-state index in [-0.39, 0.29) is 5.41 Å². The Bertz CT molecular complexity index is 997. The molecule has 0 saturated heterocycles. The summed E-state index contributed by atoms with van der Waals surface area (Å²) in [5, 5.41) is 0. The van der Waals surface area contributed by atoms with E-state index in [9.17, 15) is 0 Å². The van der Waals surface area contributed by atoms with Gasteiger partial charge in [0, 0.05) is 23.8 Å². The number of fused-ring (bicyclic) bond motifs is 6. The number of hydrogen-bond donors (Lipinski definition) is 0. The molecule has 1 aliphatic heterocycles. The summed E-state index contributed by atoms with van der Waals surface area (Å²) in [7, 11) is 2.21. The predicted molar refractivity (Wildman–Crippen MR) is 106 cm³/mol. The van der Waals surface area contributed by atoms with Gasteiger partial charge in [0.2, 0.25) is 0 Å². The van der Waals surface area contributed by atoms with Crippen LogP contribution in [0.25, 0.3) is 11.1 Å². The van der Waals surface area contributed by atoms with Crippen LogP contribution in [0.3, 0.4) is 0 Å². The molecule has 0 unspecified atom stereocenters. The summed E-state index contributed by atoms with van der Waals surface area (Å²) in [6.45, 7) is 4.72. The van der Waals surface area contributed by atoms with Crippen LogP contribution >= 0.6 is 0 Å². The van der Waals surface area contributed by atoms with Gasteiger partial charge in [0.15, 0.2) is 0 Å². The van der Waals surface area contributed by atoms with Crippen LogP contribution in [0.1, 0.15) is 36.1 Å². The topological polar surface area (TPSA) is 3.24 Å². The Balaban J connectivity index is 1.80. The first kappa shape index (κ1) is 14.8. The number of rotatable bonds is 0. The minimum atomic E-state index is 0.0820. The SMILES string of the molecule is CN1c2ccccc2CCc2c1ccc1c2-c2ccccc2C1(C)C. The minimum Gasteiger partial charge on any atom is -0.344 e. The van der Waals surface area contributed by atoms with E-state index in [4.69, 9.17) is 0 Å². The molecule has 3 aromatic rings. The van der Waals surface area contributed by atoms with E-state index in [1.54, 1.807) is 0 Å². The first-order valence-electron chi connectivity index (χ1n) is 9.17. The summed E-state index contributed by atoms with van der Waals surface area (Å²) < 4.78 is 0. The third-order valence-corrected chi connectivity index (χ3v) is 6.19. The van der Waals surface area contributed by atoms with Crippen LogP contribution in [0.4, 0.5) is 11.4 Å². The highest BCUT2D eigenvalue weighted by Crippen LogP contribution is 2.52. The third kappa shape index (κ3) is 1.90. The summed E-state index contributed by atoms with van der Waals surface area (Å²) in [4.78, 5) is 2.38. The molecule has 0 fully saturated rings.